The molecule has 0 saturated carbocycles. The van der Waals surface area contributed by atoms with E-state index in [0.717, 1.165) is 40.6 Å². The second kappa shape index (κ2) is 12.2. The molecule has 7 nitrogen and oxygen atoms in total. The molecular weight excluding hydrogens is 544 g/mol. The van der Waals surface area contributed by atoms with Crippen LogP contribution in [-0.2, 0) is 28.7 Å². The maximum atomic E-state index is 13.3. The summed E-state index contributed by atoms with van der Waals surface area (Å²) in [5, 5.41) is 7.54. The summed E-state index contributed by atoms with van der Waals surface area (Å²) in [7, 11) is -1.91. The minimum Gasteiger partial charge on any atom is -0.361 e. The van der Waals surface area contributed by atoms with Crippen molar-refractivity contribution < 1.29 is 12.8 Å². The Morgan fingerprint density at radius 3 is 2.66 bits per heavy atom. The number of aromatic nitrogens is 1. The molecule has 0 unspecified atom stereocenters. The van der Waals surface area contributed by atoms with E-state index in [4.69, 9.17) is 0 Å². The lowest BCUT2D eigenvalue weighted by Crippen LogP contribution is -2.38. The highest BCUT2D eigenvalue weighted by molar-refractivity contribution is 14.0. The largest absolute Gasteiger partial charge is 0.361 e. The van der Waals surface area contributed by atoms with Crippen molar-refractivity contribution in [1.29, 1.82) is 0 Å². The number of benzene rings is 2. The van der Waals surface area contributed by atoms with E-state index in [1.165, 1.54) is 19.2 Å². The fourth-order valence-corrected chi connectivity index (χ4v) is 4.07. The first-order valence-corrected chi connectivity index (χ1v) is 11.8. The summed E-state index contributed by atoms with van der Waals surface area (Å²) < 4.78 is 39.2. The first-order valence-electron chi connectivity index (χ1n) is 10.2. The van der Waals surface area contributed by atoms with Crippen molar-refractivity contribution >= 4 is 50.9 Å². The van der Waals surface area contributed by atoms with Gasteiger partial charge in [-0.05, 0) is 55.3 Å². The number of aromatic amines is 1. The highest BCUT2D eigenvalue weighted by atomic mass is 127. The molecule has 0 amide bonds. The molecule has 0 spiro atoms. The lowest BCUT2D eigenvalue weighted by Gasteiger charge is -2.11. The molecule has 3 aromatic rings. The highest BCUT2D eigenvalue weighted by Gasteiger charge is 2.09. The van der Waals surface area contributed by atoms with Crippen molar-refractivity contribution in [3.8, 4) is 0 Å². The first kappa shape index (κ1) is 26.1. The fourth-order valence-electron chi connectivity index (χ4n) is 3.30. The number of halogens is 2. The van der Waals surface area contributed by atoms with Crippen LogP contribution in [0, 0.1) is 5.82 Å². The van der Waals surface area contributed by atoms with Crippen molar-refractivity contribution in [3.63, 3.8) is 0 Å². The van der Waals surface area contributed by atoms with E-state index in [0.29, 0.717) is 19.0 Å². The molecule has 2 aromatic carbocycles. The van der Waals surface area contributed by atoms with E-state index in [1.54, 1.807) is 12.1 Å². The van der Waals surface area contributed by atoms with Gasteiger partial charge in [0.25, 0.3) is 0 Å². The normalized spacial score (nSPS) is 11.9. The summed E-state index contributed by atoms with van der Waals surface area (Å²) in [5.41, 5.74) is 3.54. The maximum absolute atomic E-state index is 13.3. The molecule has 1 aromatic heterocycles. The van der Waals surface area contributed by atoms with Gasteiger partial charge in [0.15, 0.2) is 5.96 Å². The van der Waals surface area contributed by atoms with E-state index >= 15 is 0 Å². The van der Waals surface area contributed by atoms with Crippen LogP contribution in [0.2, 0.25) is 0 Å². The summed E-state index contributed by atoms with van der Waals surface area (Å²) in [6.45, 7) is 3.80. The fraction of sp³-hybridized carbons (Fsp3) is 0.318. The maximum Gasteiger partial charge on any atom is 0.215 e. The number of aliphatic imine (C=N–C) groups is 1. The van der Waals surface area contributed by atoms with Gasteiger partial charge in [-0.1, -0.05) is 24.3 Å². The Labute approximate surface area is 205 Å². The number of fused-ring (bicyclic) bond motifs is 1. The lowest BCUT2D eigenvalue weighted by atomic mass is 10.1. The minimum absolute atomic E-state index is 0. The summed E-state index contributed by atoms with van der Waals surface area (Å²) in [6.07, 6.45) is 2.66. The predicted molar refractivity (Wildman–Crippen MR) is 138 cm³/mol. The Bertz CT molecular complexity index is 1160. The average molecular weight is 573 g/mol. The summed E-state index contributed by atoms with van der Waals surface area (Å²) >= 11 is 0. The molecule has 0 bridgehead atoms. The number of nitrogens with zero attached hydrogens (tertiary/aromatic N) is 1. The molecule has 0 fully saturated rings. The summed E-state index contributed by atoms with van der Waals surface area (Å²) in [4.78, 5) is 7.71. The predicted octanol–water partition coefficient (Wildman–Crippen LogP) is 3.27. The highest BCUT2D eigenvalue weighted by Crippen LogP contribution is 2.19. The second-order valence-corrected chi connectivity index (χ2v) is 9.09. The number of guanidine groups is 1. The number of nitrogens with one attached hydrogen (secondary N) is 4. The molecule has 0 aliphatic heterocycles. The molecule has 4 N–H and O–H groups in total. The van der Waals surface area contributed by atoms with E-state index in [1.807, 2.05) is 31.3 Å². The number of H-pyrrole nitrogens is 1. The van der Waals surface area contributed by atoms with Crippen molar-refractivity contribution in [3.05, 3.63) is 71.2 Å². The van der Waals surface area contributed by atoms with Crippen molar-refractivity contribution in [2.45, 2.75) is 25.6 Å². The quantitative estimate of drug-likeness (QED) is 0.180. The molecular formula is C22H29FIN5O2S. The molecule has 0 aliphatic rings. The van der Waals surface area contributed by atoms with Gasteiger partial charge in [0.1, 0.15) is 5.82 Å². The topological polar surface area (TPSA) is 98.4 Å². The lowest BCUT2D eigenvalue weighted by molar-refractivity contribution is 0.587. The summed E-state index contributed by atoms with van der Waals surface area (Å²) in [6, 6.07) is 12.2. The zero-order chi connectivity index (χ0) is 22.3. The SMILES string of the molecule is CCNC(=NCc1cccc(CS(=O)(=O)NC)c1)NCCc1c[nH]c2cc(F)ccc12.I. The summed E-state index contributed by atoms with van der Waals surface area (Å²) in [5.74, 6) is 0.364. The van der Waals surface area contributed by atoms with Crippen LogP contribution in [0.4, 0.5) is 4.39 Å². The first-order chi connectivity index (χ1) is 14.9. The van der Waals surface area contributed by atoms with Crippen LogP contribution in [-0.4, -0.2) is 39.5 Å². The van der Waals surface area contributed by atoms with Crippen LogP contribution in [0.25, 0.3) is 10.9 Å². The van der Waals surface area contributed by atoms with Crippen LogP contribution in [0.15, 0.2) is 53.7 Å². The second-order valence-electron chi connectivity index (χ2n) is 7.16. The van der Waals surface area contributed by atoms with Gasteiger partial charge in [-0.2, -0.15) is 0 Å². The Morgan fingerprint density at radius 1 is 1.12 bits per heavy atom. The van der Waals surface area contributed by atoms with E-state index in [-0.39, 0.29) is 35.5 Å². The van der Waals surface area contributed by atoms with Crippen LogP contribution in [0.1, 0.15) is 23.6 Å². The Hall–Kier alpha value is -2.18. The minimum atomic E-state index is -3.31. The zero-order valence-corrected chi connectivity index (χ0v) is 21.3. The third kappa shape index (κ3) is 7.45. The number of rotatable bonds is 9. The molecule has 0 saturated heterocycles. The molecule has 0 radical (unpaired) electrons. The molecule has 174 valence electrons. The molecule has 1 heterocycles. The molecule has 10 heteroatoms. The van der Waals surface area contributed by atoms with Crippen molar-refractivity contribution in [2.75, 3.05) is 20.1 Å². The van der Waals surface area contributed by atoms with Gasteiger partial charge >= 0.3 is 0 Å². The van der Waals surface area contributed by atoms with Gasteiger partial charge in [-0.15, -0.1) is 24.0 Å². The number of sulfonamides is 1. The Morgan fingerprint density at radius 2 is 1.91 bits per heavy atom. The Balaban J connectivity index is 0.00000363. The standard InChI is InChI=1S/C22H28FN5O2S.HI/c1-3-25-22(26-10-9-18-14-27-21-12-19(23)7-8-20(18)21)28-13-16-5-4-6-17(11-16)15-31(29,30)24-2;/h4-8,11-12,14,24,27H,3,9-10,13,15H2,1-2H3,(H2,25,26,28);1H. The van der Waals surface area contributed by atoms with Crippen LogP contribution >= 0.6 is 24.0 Å². The van der Waals surface area contributed by atoms with Crippen molar-refractivity contribution in [2.24, 2.45) is 4.99 Å². The molecule has 0 atom stereocenters. The van der Waals surface area contributed by atoms with Crippen molar-refractivity contribution in [1.82, 2.24) is 20.3 Å². The van der Waals surface area contributed by atoms with Gasteiger partial charge in [0, 0.05) is 30.2 Å². The van der Waals surface area contributed by atoms with Gasteiger partial charge in [-0.25, -0.2) is 22.5 Å². The van der Waals surface area contributed by atoms with Gasteiger partial charge < -0.3 is 15.6 Å². The van der Waals surface area contributed by atoms with Gasteiger partial charge in [0.2, 0.25) is 10.0 Å². The number of hydrogen-bond acceptors (Lipinski definition) is 3. The van der Waals surface area contributed by atoms with Crippen LogP contribution in [0.3, 0.4) is 0 Å². The van der Waals surface area contributed by atoms with E-state index < -0.39 is 10.0 Å². The zero-order valence-electron chi connectivity index (χ0n) is 18.1. The van der Waals surface area contributed by atoms with Crippen LogP contribution in [0.5, 0.6) is 0 Å². The van der Waals surface area contributed by atoms with Crippen LogP contribution < -0.4 is 15.4 Å². The average Bonchev–Trinajstić information content (AvgIpc) is 3.14. The van der Waals surface area contributed by atoms with Gasteiger partial charge in [-0.3, -0.25) is 0 Å². The monoisotopic (exact) mass is 573 g/mol. The molecule has 3 rings (SSSR count). The number of hydrogen-bond donors (Lipinski definition) is 4. The third-order valence-corrected chi connectivity index (χ3v) is 6.17. The smallest absolute Gasteiger partial charge is 0.215 e. The molecule has 0 aliphatic carbocycles. The third-order valence-electron chi connectivity index (χ3n) is 4.84. The van der Waals surface area contributed by atoms with Gasteiger partial charge in [0.05, 0.1) is 12.3 Å². The Kier molecular flexibility index (Phi) is 9.91. The molecule has 32 heavy (non-hydrogen) atoms. The van der Waals surface area contributed by atoms with E-state index in [9.17, 15) is 12.8 Å². The van der Waals surface area contributed by atoms with E-state index in [2.05, 4.69) is 25.3 Å².